The average molecular weight is 358 g/mol. The molecule has 0 atom stereocenters. The van der Waals surface area contributed by atoms with Crippen LogP contribution >= 0.6 is 15.9 Å². The van der Waals surface area contributed by atoms with Crippen LogP contribution in [0.3, 0.4) is 0 Å². The van der Waals surface area contributed by atoms with E-state index in [4.69, 9.17) is 9.84 Å². The molecule has 1 heterocycles. The third-order valence-electron chi connectivity index (χ3n) is 3.36. The monoisotopic (exact) mass is 357 g/mol. The lowest BCUT2D eigenvalue weighted by Crippen LogP contribution is -2.41. The second kappa shape index (κ2) is 6.91. The van der Waals surface area contributed by atoms with Crippen LogP contribution in [-0.2, 0) is 9.53 Å². The molecule has 1 aliphatic heterocycles. The number of carbonyl (C=O) groups excluding carboxylic acids is 1. The maximum Gasteiger partial charge on any atom is 0.329 e. The molecule has 1 fully saturated rings. The summed E-state index contributed by atoms with van der Waals surface area (Å²) in [6.07, 6.45) is 1.05. The molecule has 2 N–H and O–H groups in total. The number of likely N-dealkylation sites (tertiary alicyclic amines) is 1. The summed E-state index contributed by atoms with van der Waals surface area (Å²) in [4.78, 5) is 24.4. The summed E-state index contributed by atoms with van der Waals surface area (Å²) in [5.41, 5.74) is 0.267. The van der Waals surface area contributed by atoms with Gasteiger partial charge in [0.1, 0.15) is 12.4 Å². The number of hydrogen-bond donors (Lipinski definition) is 2. The van der Waals surface area contributed by atoms with Crippen molar-refractivity contribution in [2.45, 2.75) is 18.9 Å². The van der Waals surface area contributed by atoms with Crippen molar-refractivity contribution in [1.82, 2.24) is 4.90 Å². The number of carboxylic acid groups (broad SMARTS) is 1. The number of benzene rings is 1. The molecule has 1 amide bonds. The van der Waals surface area contributed by atoms with E-state index in [0.717, 1.165) is 0 Å². The molecule has 114 valence electrons. The van der Waals surface area contributed by atoms with Crippen molar-refractivity contribution in [1.29, 1.82) is 0 Å². The first-order valence-electron chi connectivity index (χ1n) is 6.58. The minimum atomic E-state index is -0.992. The van der Waals surface area contributed by atoms with Crippen LogP contribution in [0, 0.1) is 0 Å². The van der Waals surface area contributed by atoms with Gasteiger partial charge in [0.2, 0.25) is 0 Å². The maximum atomic E-state index is 12.3. The minimum absolute atomic E-state index is 0.0568. The molecular weight excluding hydrogens is 342 g/mol. The fourth-order valence-electron chi connectivity index (χ4n) is 2.27. The molecular formula is C14H16BrNO5. The Hall–Kier alpha value is -1.60. The van der Waals surface area contributed by atoms with Gasteiger partial charge in [0.05, 0.1) is 11.7 Å². The van der Waals surface area contributed by atoms with Gasteiger partial charge >= 0.3 is 5.97 Å². The van der Waals surface area contributed by atoms with Crippen molar-refractivity contribution in [3.05, 3.63) is 28.2 Å². The number of amides is 1. The zero-order valence-electron chi connectivity index (χ0n) is 11.3. The van der Waals surface area contributed by atoms with Crippen molar-refractivity contribution in [2.24, 2.45) is 0 Å². The van der Waals surface area contributed by atoms with Gasteiger partial charge in [-0.2, -0.15) is 0 Å². The Bertz CT molecular complexity index is 540. The second-order valence-electron chi connectivity index (χ2n) is 4.86. The largest absolute Gasteiger partial charge is 0.507 e. The lowest BCUT2D eigenvalue weighted by Gasteiger charge is -2.31. The van der Waals surface area contributed by atoms with Gasteiger partial charge in [-0.1, -0.05) is 15.9 Å². The summed E-state index contributed by atoms with van der Waals surface area (Å²) >= 11 is 3.23. The van der Waals surface area contributed by atoms with Gasteiger partial charge in [0.15, 0.2) is 0 Å². The zero-order valence-corrected chi connectivity index (χ0v) is 12.9. The third-order valence-corrected chi connectivity index (χ3v) is 3.86. The summed E-state index contributed by atoms with van der Waals surface area (Å²) < 4.78 is 5.93. The first-order valence-corrected chi connectivity index (χ1v) is 7.38. The normalized spacial score (nSPS) is 16.0. The highest BCUT2D eigenvalue weighted by Crippen LogP contribution is 2.25. The smallest absolute Gasteiger partial charge is 0.329 e. The topological polar surface area (TPSA) is 87.1 Å². The standard InChI is InChI=1S/C14H16BrNO5/c15-9-1-2-11(12(17)7-9)14(20)16-5-3-10(4-6-16)21-8-13(18)19/h1-2,7,10,17H,3-6,8H2,(H,18,19). The van der Waals surface area contributed by atoms with E-state index in [2.05, 4.69) is 15.9 Å². The molecule has 0 aliphatic carbocycles. The van der Waals surface area contributed by atoms with Crippen molar-refractivity contribution in [2.75, 3.05) is 19.7 Å². The van der Waals surface area contributed by atoms with Gasteiger partial charge < -0.3 is 19.8 Å². The number of carbonyl (C=O) groups is 2. The molecule has 0 radical (unpaired) electrons. The van der Waals surface area contributed by atoms with E-state index in [1.54, 1.807) is 17.0 Å². The first kappa shape index (κ1) is 15.8. The van der Waals surface area contributed by atoms with E-state index in [1.807, 2.05) is 0 Å². The van der Waals surface area contributed by atoms with E-state index < -0.39 is 5.97 Å². The van der Waals surface area contributed by atoms with Gasteiger partial charge in [-0.25, -0.2) is 4.79 Å². The number of phenolic OH excluding ortho intramolecular Hbond substituents is 1. The van der Waals surface area contributed by atoms with E-state index in [0.29, 0.717) is 30.4 Å². The zero-order chi connectivity index (χ0) is 15.4. The van der Waals surface area contributed by atoms with Gasteiger partial charge in [0.25, 0.3) is 5.91 Å². The maximum absolute atomic E-state index is 12.3. The Kier molecular flexibility index (Phi) is 5.19. The number of aliphatic carboxylic acids is 1. The van der Waals surface area contributed by atoms with Crippen LogP contribution in [-0.4, -0.2) is 52.8 Å². The van der Waals surface area contributed by atoms with Crippen molar-refractivity contribution < 1.29 is 24.5 Å². The highest BCUT2D eigenvalue weighted by Gasteiger charge is 2.25. The number of carboxylic acids is 1. The molecule has 1 aromatic rings. The van der Waals surface area contributed by atoms with Gasteiger partial charge in [-0.05, 0) is 31.0 Å². The van der Waals surface area contributed by atoms with E-state index >= 15 is 0 Å². The van der Waals surface area contributed by atoms with Crippen LogP contribution in [0.15, 0.2) is 22.7 Å². The van der Waals surface area contributed by atoms with E-state index in [9.17, 15) is 14.7 Å². The number of phenols is 1. The van der Waals surface area contributed by atoms with E-state index in [1.165, 1.54) is 6.07 Å². The molecule has 0 unspecified atom stereocenters. The fourth-order valence-corrected chi connectivity index (χ4v) is 2.62. The molecule has 21 heavy (non-hydrogen) atoms. The Labute approximate surface area is 130 Å². The highest BCUT2D eigenvalue weighted by atomic mass is 79.9. The van der Waals surface area contributed by atoms with Gasteiger partial charge in [0, 0.05) is 17.6 Å². The summed E-state index contributed by atoms with van der Waals surface area (Å²) in [6.45, 7) is 0.656. The molecule has 0 bridgehead atoms. The number of hydrogen-bond acceptors (Lipinski definition) is 4. The Morgan fingerprint density at radius 2 is 2.00 bits per heavy atom. The summed E-state index contributed by atoms with van der Waals surface area (Å²) in [6, 6.07) is 4.76. The number of halogens is 1. The Morgan fingerprint density at radius 1 is 1.33 bits per heavy atom. The molecule has 7 heteroatoms. The van der Waals surface area contributed by atoms with Gasteiger partial charge in [-0.3, -0.25) is 4.79 Å². The molecule has 1 aliphatic rings. The Morgan fingerprint density at radius 3 is 2.57 bits per heavy atom. The number of nitrogens with zero attached hydrogens (tertiary/aromatic N) is 1. The van der Waals surface area contributed by atoms with Crippen LogP contribution < -0.4 is 0 Å². The predicted octanol–water partition coefficient (Wildman–Crippen LogP) is 1.86. The van der Waals surface area contributed by atoms with Gasteiger partial charge in [-0.15, -0.1) is 0 Å². The molecule has 0 aromatic heterocycles. The second-order valence-corrected chi connectivity index (χ2v) is 5.77. The molecule has 1 saturated heterocycles. The number of rotatable bonds is 4. The van der Waals surface area contributed by atoms with Crippen molar-refractivity contribution in [3.8, 4) is 5.75 Å². The summed E-state index contributed by atoms with van der Waals surface area (Å²) in [5, 5.41) is 18.4. The Balaban J connectivity index is 1.92. The molecule has 0 saturated carbocycles. The predicted molar refractivity (Wildman–Crippen MR) is 78.3 cm³/mol. The lowest BCUT2D eigenvalue weighted by atomic mass is 10.1. The molecule has 1 aromatic carbocycles. The summed E-state index contributed by atoms with van der Waals surface area (Å²) in [7, 11) is 0. The molecule has 0 spiro atoms. The SMILES string of the molecule is O=C(O)COC1CCN(C(=O)c2ccc(Br)cc2O)CC1. The average Bonchev–Trinajstić information content (AvgIpc) is 2.45. The fraction of sp³-hybridized carbons (Fsp3) is 0.429. The number of ether oxygens (including phenoxy) is 1. The van der Waals surface area contributed by atoms with Crippen molar-refractivity contribution >= 4 is 27.8 Å². The van der Waals surface area contributed by atoms with Crippen LogP contribution in [0.25, 0.3) is 0 Å². The summed E-state index contributed by atoms with van der Waals surface area (Å²) in [5.74, 6) is -1.27. The quantitative estimate of drug-likeness (QED) is 0.858. The number of aromatic hydroxyl groups is 1. The lowest BCUT2D eigenvalue weighted by molar-refractivity contribution is -0.145. The molecule has 6 nitrogen and oxygen atoms in total. The minimum Gasteiger partial charge on any atom is -0.507 e. The first-order chi connectivity index (χ1) is 9.97. The van der Waals surface area contributed by atoms with Crippen LogP contribution in [0.5, 0.6) is 5.75 Å². The number of piperidine rings is 1. The van der Waals surface area contributed by atoms with Crippen molar-refractivity contribution in [3.63, 3.8) is 0 Å². The highest BCUT2D eigenvalue weighted by molar-refractivity contribution is 9.10. The van der Waals surface area contributed by atoms with Crippen LogP contribution in [0.4, 0.5) is 0 Å². The van der Waals surface area contributed by atoms with Crippen LogP contribution in [0.2, 0.25) is 0 Å². The van der Waals surface area contributed by atoms with Crippen LogP contribution in [0.1, 0.15) is 23.2 Å². The van der Waals surface area contributed by atoms with E-state index in [-0.39, 0.29) is 29.9 Å². The molecule has 2 rings (SSSR count). The third kappa shape index (κ3) is 4.18.